The normalized spacial score (nSPS) is 11.0. The molecule has 33 heavy (non-hydrogen) atoms. The molecule has 0 saturated heterocycles. The van der Waals surface area contributed by atoms with Crippen molar-refractivity contribution < 1.29 is 19.1 Å². The van der Waals surface area contributed by atoms with Gasteiger partial charge in [0.2, 0.25) is 0 Å². The minimum Gasteiger partial charge on any atom is -0.396 e. The molecule has 6 nitrogen and oxygen atoms in total. The molecule has 3 N–H and O–H groups in total. The van der Waals surface area contributed by atoms with Crippen LogP contribution in [-0.2, 0) is 5.75 Å². The van der Waals surface area contributed by atoms with Crippen LogP contribution in [0.25, 0.3) is 0 Å². The molecule has 0 atom stereocenters. The quantitative estimate of drug-likeness (QED) is 0.218. The fraction of sp³-hybridized carbons (Fsp3) is 0.208. The number of nitrogens with zero attached hydrogens (tertiary/aromatic N) is 1. The van der Waals surface area contributed by atoms with Crippen LogP contribution >= 0.6 is 23.1 Å². The number of hydrazone groups is 1. The molecule has 0 spiro atoms. The molecular formula is C24H24FN3O3S2. The number of aryl methyl sites for hydroxylation is 1. The summed E-state index contributed by atoms with van der Waals surface area (Å²) in [5.74, 6) is 0.499. The van der Waals surface area contributed by atoms with E-state index in [1.807, 2.05) is 18.2 Å². The van der Waals surface area contributed by atoms with E-state index in [4.69, 9.17) is 5.11 Å². The van der Waals surface area contributed by atoms with Gasteiger partial charge in [0.1, 0.15) is 10.8 Å². The number of amides is 2. The lowest BCUT2D eigenvalue weighted by atomic mass is 10.1. The zero-order valence-corrected chi connectivity index (χ0v) is 19.6. The van der Waals surface area contributed by atoms with E-state index < -0.39 is 5.91 Å². The molecule has 2 amide bonds. The van der Waals surface area contributed by atoms with Crippen LogP contribution in [-0.4, -0.2) is 35.5 Å². The van der Waals surface area contributed by atoms with Gasteiger partial charge < -0.3 is 10.4 Å². The van der Waals surface area contributed by atoms with Gasteiger partial charge in [-0.15, -0.1) is 11.3 Å². The van der Waals surface area contributed by atoms with Gasteiger partial charge in [-0.3, -0.25) is 9.59 Å². The number of thioether (sulfide) groups is 1. The molecule has 0 aliphatic carbocycles. The minimum absolute atomic E-state index is 0.170. The zero-order chi connectivity index (χ0) is 23.6. The molecule has 0 saturated carbocycles. The number of thiophene rings is 1. The van der Waals surface area contributed by atoms with Crippen molar-refractivity contribution in [2.75, 3.05) is 17.7 Å². The highest BCUT2D eigenvalue weighted by Gasteiger charge is 2.19. The van der Waals surface area contributed by atoms with Crippen LogP contribution in [0.5, 0.6) is 0 Å². The number of carbonyl (C=O) groups excluding carboxylic acids is 2. The van der Waals surface area contributed by atoms with E-state index in [0.29, 0.717) is 21.7 Å². The van der Waals surface area contributed by atoms with Gasteiger partial charge in [-0.1, -0.05) is 24.3 Å². The van der Waals surface area contributed by atoms with E-state index in [-0.39, 0.29) is 18.3 Å². The summed E-state index contributed by atoms with van der Waals surface area (Å²) in [5.41, 5.74) is 5.68. The number of anilines is 1. The molecule has 0 fully saturated rings. The third kappa shape index (κ3) is 7.24. The second kappa shape index (κ2) is 12.3. The summed E-state index contributed by atoms with van der Waals surface area (Å²) in [6.45, 7) is 1.96. The van der Waals surface area contributed by atoms with Crippen molar-refractivity contribution in [2.24, 2.45) is 5.10 Å². The monoisotopic (exact) mass is 485 g/mol. The SMILES string of the molecule is Cc1csc(NC(=O)c2cccc(CSCCCO)c2)c1C(=O)NN=Cc1ccc(F)cc1. The first-order valence-corrected chi connectivity index (χ1v) is 12.3. The molecule has 3 rings (SSSR count). The second-order valence-corrected chi connectivity index (χ2v) is 9.14. The highest BCUT2D eigenvalue weighted by atomic mass is 32.2. The Labute approximate surface area is 199 Å². The average Bonchev–Trinajstić information content (AvgIpc) is 3.18. The van der Waals surface area contributed by atoms with E-state index in [1.165, 1.54) is 29.7 Å². The first-order valence-electron chi connectivity index (χ1n) is 10.2. The van der Waals surface area contributed by atoms with Gasteiger partial charge in [-0.25, -0.2) is 9.82 Å². The van der Waals surface area contributed by atoms with Crippen molar-refractivity contribution >= 4 is 46.1 Å². The number of aliphatic hydroxyl groups excluding tert-OH is 1. The molecular weight excluding hydrogens is 461 g/mol. The second-order valence-electron chi connectivity index (χ2n) is 7.16. The predicted octanol–water partition coefficient (Wildman–Crippen LogP) is 4.83. The Bertz CT molecular complexity index is 1130. The molecule has 9 heteroatoms. The fourth-order valence-electron chi connectivity index (χ4n) is 2.92. The molecule has 0 radical (unpaired) electrons. The van der Waals surface area contributed by atoms with Crippen molar-refractivity contribution in [3.05, 3.63) is 87.5 Å². The number of rotatable bonds is 10. The van der Waals surface area contributed by atoms with Crippen LogP contribution in [0.1, 0.15) is 43.8 Å². The number of benzene rings is 2. The summed E-state index contributed by atoms with van der Waals surface area (Å²) < 4.78 is 13.0. The summed E-state index contributed by atoms with van der Waals surface area (Å²) in [5, 5.41) is 17.9. The van der Waals surface area contributed by atoms with Gasteiger partial charge in [0.05, 0.1) is 11.8 Å². The van der Waals surface area contributed by atoms with Crippen molar-refractivity contribution in [1.82, 2.24) is 5.43 Å². The van der Waals surface area contributed by atoms with Crippen LogP contribution < -0.4 is 10.7 Å². The smallest absolute Gasteiger partial charge is 0.274 e. The molecule has 1 heterocycles. The van der Waals surface area contributed by atoms with Gasteiger partial charge in [0.15, 0.2) is 0 Å². The Morgan fingerprint density at radius 2 is 1.97 bits per heavy atom. The summed E-state index contributed by atoms with van der Waals surface area (Å²) in [7, 11) is 0. The van der Waals surface area contributed by atoms with Crippen molar-refractivity contribution in [3.63, 3.8) is 0 Å². The third-order valence-electron chi connectivity index (χ3n) is 4.58. The highest BCUT2D eigenvalue weighted by Crippen LogP contribution is 2.28. The number of aliphatic hydroxyl groups is 1. The summed E-state index contributed by atoms with van der Waals surface area (Å²) in [4.78, 5) is 25.5. The van der Waals surface area contributed by atoms with E-state index in [1.54, 1.807) is 42.3 Å². The Kier molecular flexibility index (Phi) is 9.17. The standard InChI is InChI=1S/C24H24FN3O3S2/c1-16-14-33-24(21(16)23(31)28-26-13-17-6-8-20(25)9-7-17)27-22(30)19-5-2-4-18(12-19)15-32-11-3-10-29/h2,4-9,12-14,29H,3,10-11,15H2,1H3,(H,27,30)(H,28,31). The summed E-state index contributed by atoms with van der Waals surface area (Å²) >= 11 is 2.97. The van der Waals surface area contributed by atoms with E-state index in [2.05, 4.69) is 15.8 Å². The molecule has 0 bridgehead atoms. The fourth-order valence-corrected chi connectivity index (χ4v) is 4.75. The molecule has 1 aromatic heterocycles. The third-order valence-corrected chi connectivity index (χ3v) is 6.71. The number of hydrogen-bond donors (Lipinski definition) is 3. The van der Waals surface area contributed by atoms with Gasteiger partial charge in [0.25, 0.3) is 11.8 Å². The lowest BCUT2D eigenvalue weighted by Gasteiger charge is -2.08. The van der Waals surface area contributed by atoms with Gasteiger partial charge in [0, 0.05) is 17.9 Å². The van der Waals surface area contributed by atoms with Crippen molar-refractivity contribution in [3.8, 4) is 0 Å². The summed E-state index contributed by atoms with van der Waals surface area (Å²) in [6, 6.07) is 13.0. The van der Waals surface area contributed by atoms with Gasteiger partial charge >= 0.3 is 0 Å². The zero-order valence-electron chi connectivity index (χ0n) is 18.0. The maximum atomic E-state index is 13.0. The number of hydrogen-bond acceptors (Lipinski definition) is 6. The van der Waals surface area contributed by atoms with Crippen molar-refractivity contribution in [1.29, 1.82) is 0 Å². The summed E-state index contributed by atoms with van der Waals surface area (Å²) in [6.07, 6.45) is 2.16. The Balaban J connectivity index is 1.64. The average molecular weight is 486 g/mol. The lowest BCUT2D eigenvalue weighted by Crippen LogP contribution is -2.21. The molecule has 0 aliphatic heterocycles. The predicted molar refractivity (Wildman–Crippen MR) is 133 cm³/mol. The van der Waals surface area contributed by atoms with Crippen LogP contribution in [0, 0.1) is 12.7 Å². The Morgan fingerprint density at radius 3 is 2.73 bits per heavy atom. The topological polar surface area (TPSA) is 90.8 Å². The Hall–Kier alpha value is -3.01. The van der Waals surface area contributed by atoms with Gasteiger partial charge in [-0.2, -0.15) is 16.9 Å². The van der Waals surface area contributed by atoms with Crippen LogP contribution in [0.2, 0.25) is 0 Å². The molecule has 3 aromatic rings. The maximum absolute atomic E-state index is 13.0. The maximum Gasteiger partial charge on any atom is 0.274 e. The van der Waals surface area contributed by atoms with E-state index >= 15 is 0 Å². The largest absolute Gasteiger partial charge is 0.396 e. The number of carbonyl (C=O) groups is 2. The molecule has 172 valence electrons. The molecule has 0 aliphatic rings. The van der Waals surface area contributed by atoms with E-state index in [9.17, 15) is 14.0 Å². The van der Waals surface area contributed by atoms with E-state index in [0.717, 1.165) is 29.1 Å². The van der Waals surface area contributed by atoms with Crippen LogP contribution in [0.4, 0.5) is 9.39 Å². The first kappa shape index (κ1) is 24.6. The highest BCUT2D eigenvalue weighted by molar-refractivity contribution is 7.98. The first-order chi connectivity index (χ1) is 16.0. The molecule has 2 aromatic carbocycles. The van der Waals surface area contributed by atoms with Crippen LogP contribution in [0.15, 0.2) is 59.0 Å². The van der Waals surface area contributed by atoms with Crippen LogP contribution in [0.3, 0.4) is 0 Å². The lowest BCUT2D eigenvalue weighted by molar-refractivity contribution is 0.0956. The number of halogens is 1. The van der Waals surface area contributed by atoms with Crippen molar-refractivity contribution in [2.45, 2.75) is 19.1 Å². The minimum atomic E-state index is -0.448. The van der Waals surface area contributed by atoms with Gasteiger partial charge in [-0.05, 0) is 65.4 Å². The Morgan fingerprint density at radius 1 is 1.18 bits per heavy atom. The number of nitrogens with one attached hydrogen (secondary N) is 2. The molecule has 0 unspecified atom stereocenters.